The standard InChI is InChI=1S/C40H42N2/c1-38(2,3)32-15-12-13-25-17-18-27(23-30(25)32)28-21-19-26-20-22-34(42-37(26)36(28)40(7,8)9)31-24-41-33-16-11-10-14-29(33)35(31)39(4,5)6/h10-24H,1-9H3. The number of hydrogen-bond donors (Lipinski definition) is 0. The molecule has 0 saturated heterocycles. The molecule has 0 saturated carbocycles. The predicted molar refractivity (Wildman–Crippen MR) is 182 cm³/mol. The molecule has 0 spiro atoms. The van der Waals surface area contributed by atoms with Gasteiger partial charge in [-0.1, -0.05) is 129 Å². The zero-order valence-electron chi connectivity index (χ0n) is 26.6. The Morgan fingerprint density at radius 2 is 1.21 bits per heavy atom. The van der Waals surface area contributed by atoms with Gasteiger partial charge in [-0.2, -0.15) is 0 Å². The van der Waals surface area contributed by atoms with Gasteiger partial charge >= 0.3 is 0 Å². The van der Waals surface area contributed by atoms with Crippen LogP contribution in [0.5, 0.6) is 0 Å². The van der Waals surface area contributed by atoms with Crippen LogP contribution in [0.4, 0.5) is 0 Å². The SMILES string of the molecule is CC(C)(C)c1cccc2ccc(-c3ccc4ccc(-c5cnc6ccccc6c5C(C)(C)C)nc4c3C(C)(C)C)cc12. The predicted octanol–water partition coefficient (Wildman–Crippen LogP) is 11.2. The van der Waals surface area contributed by atoms with E-state index in [0.29, 0.717) is 0 Å². The summed E-state index contributed by atoms with van der Waals surface area (Å²) in [6, 6.07) is 31.0. The molecule has 6 rings (SSSR count). The Morgan fingerprint density at radius 3 is 1.93 bits per heavy atom. The van der Waals surface area contributed by atoms with E-state index in [-0.39, 0.29) is 16.2 Å². The molecule has 2 heteroatoms. The zero-order chi connectivity index (χ0) is 30.0. The number of para-hydroxylation sites is 1. The largest absolute Gasteiger partial charge is 0.256 e. The summed E-state index contributed by atoms with van der Waals surface area (Å²) in [6.45, 7) is 20.6. The maximum atomic E-state index is 5.46. The Kier molecular flexibility index (Phi) is 6.53. The highest BCUT2D eigenvalue weighted by Gasteiger charge is 2.26. The van der Waals surface area contributed by atoms with E-state index in [4.69, 9.17) is 9.97 Å². The summed E-state index contributed by atoms with van der Waals surface area (Å²) in [7, 11) is 0. The van der Waals surface area contributed by atoms with Gasteiger partial charge in [0.2, 0.25) is 0 Å². The lowest BCUT2D eigenvalue weighted by atomic mass is 9.78. The second-order valence-electron chi connectivity index (χ2n) is 14.8. The molecule has 2 aromatic heterocycles. The molecule has 0 bridgehead atoms. The Balaban J connectivity index is 1.63. The molecule has 6 aromatic rings. The van der Waals surface area contributed by atoms with E-state index >= 15 is 0 Å². The lowest BCUT2D eigenvalue weighted by molar-refractivity contribution is 0.595. The van der Waals surface area contributed by atoms with Crippen molar-refractivity contribution < 1.29 is 0 Å². The maximum Gasteiger partial charge on any atom is 0.0753 e. The van der Waals surface area contributed by atoms with Crippen molar-refractivity contribution in [2.75, 3.05) is 0 Å². The first-order chi connectivity index (χ1) is 19.7. The molecule has 2 nitrogen and oxygen atoms in total. The van der Waals surface area contributed by atoms with Crippen molar-refractivity contribution in [3.8, 4) is 22.4 Å². The number of fused-ring (bicyclic) bond motifs is 3. The van der Waals surface area contributed by atoms with Crippen LogP contribution in [0.2, 0.25) is 0 Å². The van der Waals surface area contributed by atoms with Gasteiger partial charge in [-0.25, -0.2) is 4.98 Å². The van der Waals surface area contributed by atoms with E-state index in [1.54, 1.807) is 0 Å². The third kappa shape index (κ3) is 4.87. The van der Waals surface area contributed by atoms with E-state index in [9.17, 15) is 0 Å². The fourth-order valence-electron chi connectivity index (χ4n) is 6.58. The molecule has 4 aromatic carbocycles. The summed E-state index contributed by atoms with van der Waals surface area (Å²) >= 11 is 0. The van der Waals surface area contributed by atoms with E-state index in [0.717, 1.165) is 27.7 Å². The summed E-state index contributed by atoms with van der Waals surface area (Å²) in [6.07, 6.45) is 2.02. The van der Waals surface area contributed by atoms with E-state index in [1.165, 1.54) is 44.0 Å². The molecule has 0 unspecified atom stereocenters. The lowest BCUT2D eigenvalue weighted by Crippen LogP contribution is -2.16. The molecule has 212 valence electrons. The third-order valence-corrected chi connectivity index (χ3v) is 8.41. The molecule has 0 aliphatic heterocycles. The van der Waals surface area contributed by atoms with Crippen LogP contribution in [-0.2, 0) is 16.2 Å². The number of pyridine rings is 2. The maximum absolute atomic E-state index is 5.46. The Labute approximate surface area is 250 Å². The van der Waals surface area contributed by atoms with Gasteiger partial charge in [0.25, 0.3) is 0 Å². The number of aromatic nitrogens is 2. The van der Waals surface area contributed by atoms with Crippen molar-refractivity contribution in [2.45, 2.75) is 78.6 Å². The molecule has 2 heterocycles. The first-order valence-corrected chi connectivity index (χ1v) is 15.1. The summed E-state index contributed by atoms with van der Waals surface area (Å²) < 4.78 is 0. The highest BCUT2D eigenvalue weighted by Crippen LogP contribution is 2.42. The molecule has 0 aliphatic rings. The van der Waals surface area contributed by atoms with Crippen molar-refractivity contribution in [3.05, 3.63) is 108 Å². The Hall–Kier alpha value is -4.04. The minimum atomic E-state index is -0.118. The summed E-state index contributed by atoms with van der Waals surface area (Å²) in [5, 5.41) is 4.96. The first kappa shape index (κ1) is 28.1. The van der Waals surface area contributed by atoms with Crippen LogP contribution < -0.4 is 0 Å². The average molecular weight is 551 g/mol. The number of benzene rings is 4. The zero-order valence-corrected chi connectivity index (χ0v) is 26.6. The monoisotopic (exact) mass is 550 g/mol. The number of rotatable bonds is 2. The smallest absolute Gasteiger partial charge is 0.0753 e. The van der Waals surface area contributed by atoms with Gasteiger partial charge in [0.1, 0.15) is 0 Å². The first-order valence-electron chi connectivity index (χ1n) is 15.1. The van der Waals surface area contributed by atoms with Gasteiger partial charge in [0.05, 0.1) is 16.7 Å². The van der Waals surface area contributed by atoms with E-state index in [1.807, 2.05) is 6.20 Å². The van der Waals surface area contributed by atoms with Crippen molar-refractivity contribution in [1.29, 1.82) is 0 Å². The quantitative estimate of drug-likeness (QED) is 0.214. The number of nitrogens with zero attached hydrogens (tertiary/aromatic N) is 2. The van der Waals surface area contributed by atoms with Gasteiger partial charge in [0.15, 0.2) is 0 Å². The van der Waals surface area contributed by atoms with Crippen LogP contribution in [0.15, 0.2) is 91.1 Å². The van der Waals surface area contributed by atoms with E-state index in [2.05, 4.69) is 147 Å². The minimum absolute atomic E-state index is 0.0590. The van der Waals surface area contributed by atoms with Crippen molar-refractivity contribution in [1.82, 2.24) is 9.97 Å². The highest BCUT2D eigenvalue weighted by molar-refractivity contribution is 5.96. The van der Waals surface area contributed by atoms with Crippen LogP contribution in [-0.4, -0.2) is 9.97 Å². The molecule has 0 fully saturated rings. The van der Waals surface area contributed by atoms with Gasteiger partial charge in [-0.3, -0.25) is 4.98 Å². The van der Waals surface area contributed by atoms with Gasteiger partial charge in [-0.15, -0.1) is 0 Å². The number of hydrogen-bond acceptors (Lipinski definition) is 2. The topological polar surface area (TPSA) is 25.8 Å². The summed E-state index contributed by atoms with van der Waals surface area (Å²) in [5.41, 5.74) is 10.5. The highest BCUT2D eigenvalue weighted by atomic mass is 14.7. The summed E-state index contributed by atoms with van der Waals surface area (Å²) in [4.78, 5) is 10.3. The van der Waals surface area contributed by atoms with Crippen LogP contribution in [0.25, 0.3) is 55.0 Å². The van der Waals surface area contributed by atoms with Gasteiger partial charge in [-0.05, 0) is 73.0 Å². The molecular formula is C40H42N2. The molecule has 0 atom stereocenters. The van der Waals surface area contributed by atoms with E-state index < -0.39 is 0 Å². The second-order valence-corrected chi connectivity index (χ2v) is 14.8. The fraction of sp³-hybridized carbons (Fsp3) is 0.300. The average Bonchev–Trinajstić information content (AvgIpc) is 2.93. The summed E-state index contributed by atoms with van der Waals surface area (Å²) in [5.74, 6) is 0. The molecule has 0 N–H and O–H groups in total. The van der Waals surface area contributed by atoms with Crippen molar-refractivity contribution >= 4 is 32.6 Å². The molecule has 42 heavy (non-hydrogen) atoms. The Morgan fingerprint density at radius 1 is 0.524 bits per heavy atom. The van der Waals surface area contributed by atoms with Crippen molar-refractivity contribution in [2.24, 2.45) is 0 Å². The van der Waals surface area contributed by atoms with Gasteiger partial charge < -0.3 is 0 Å². The van der Waals surface area contributed by atoms with Crippen LogP contribution in [0, 0.1) is 0 Å². The normalized spacial score (nSPS) is 12.9. The Bertz CT molecular complexity index is 1980. The van der Waals surface area contributed by atoms with Gasteiger partial charge in [0, 0.05) is 22.5 Å². The second kappa shape index (κ2) is 9.76. The molecule has 0 amide bonds. The molecule has 0 radical (unpaired) electrons. The third-order valence-electron chi connectivity index (χ3n) is 8.41. The minimum Gasteiger partial charge on any atom is -0.256 e. The van der Waals surface area contributed by atoms with Crippen LogP contribution in [0.1, 0.15) is 79.0 Å². The molecular weight excluding hydrogens is 508 g/mol. The van der Waals surface area contributed by atoms with Crippen LogP contribution in [0.3, 0.4) is 0 Å². The lowest BCUT2D eigenvalue weighted by Gasteiger charge is -2.27. The molecule has 0 aliphatic carbocycles. The van der Waals surface area contributed by atoms with Crippen molar-refractivity contribution in [3.63, 3.8) is 0 Å². The van der Waals surface area contributed by atoms with Crippen LogP contribution >= 0.6 is 0 Å². The fourth-order valence-corrected chi connectivity index (χ4v) is 6.58.